The first-order chi connectivity index (χ1) is 4.86. The minimum absolute atomic E-state index is 0.812. The van der Waals surface area contributed by atoms with Crippen molar-refractivity contribution in [3.8, 4) is 0 Å². The summed E-state index contributed by atoms with van der Waals surface area (Å²) in [5.41, 5.74) is 1.03. The van der Waals surface area contributed by atoms with E-state index in [-0.39, 0.29) is 0 Å². The fourth-order valence-corrected chi connectivity index (χ4v) is 0.777. The summed E-state index contributed by atoms with van der Waals surface area (Å²) in [6.07, 6.45) is 4.36. The number of nitrogens with zero attached hydrogens (tertiary/aromatic N) is 1. The number of aromatic nitrogens is 1. The molecule has 1 aromatic heterocycles. The van der Waals surface area contributed by atoms with E-state index in [0.717, 1.165) is 30.8 Å². The van der Waals surface area contributed by atoms with Gasteiger partial charge in [-0.25, -0.2) is 4.98 Å². The summed E-state index contributed by atoms with van der Waals surface area (Å²) in [6.45, 7) is 5.78. The second kappa shape index (κ2) is 3.40. The fourth-order valence-electron chi connectivity index (χ4n) is 0.777. The largest absolute Gasteiger partial charge is 0.449 e. The highest BCUT2D eigenvalue weighted by molar-refractivity contribution is 4.95. The summed E-state index contributed by atoms with van der Waals surface area (Å²) >= 11 is 0. The molecule has 0 bridgehead atoms. The monoisotopic (exact) mass is 138 g/mol. The summed E-state index contributed by atoms with van der Waals surface area (Å²) < 4.78 is 5.14. The molecule has 0 fully saturated rings. The van der Waals surface area contributed by atoms with Crippen LogP contribution in [0.2, 0.25) is 0 Å². The summed E-state index contributed by atoms with van der Waals surface area (Å²) in [4.78, 5) is 4.21. The predicted octanol–water partition coefficient (Wildman–Crippen LogP) is 2.00. The maximum Gasteiger partial charge on any atom is 0.194 e. The van der Waals surface area contributed by atoms with Gasteiger partial charge in [-0.15, -0.1) is 0 Å². The van der Waals surface area contributed by atoms with E-state index in [4.69, 9.17) is 4.42 Å². The van der Waals surface area contributed by atoms with E-state index >= 15 is 0 Å². The van der Waals surface area contributed by atoms with Gasteiger partial charge < -0.3 is 4.42 Å². The average Bonchev–Trinajstić information content (AvgIpc) is 2.37. The molecule has 0 saturated heterocycles. The van der Waals surface area contributed by atoms with E-state index < -0.39 is 0 Å². The van der Waals surface area contributed by atoms with Gasteiger partial charge >= 0.3 is 0 Å². The van der Waals surface area contributed by atoms with Gasteiger partial charge in [0.25, 0.3) is 0 Å². The molecule has 0 spiro atoms. The molecule has 10 heavy (non-hydrogen) atoms. The van der Waals surface area contributed by atoms with Gasteiger partial charge in [-0.05, 0) is 12.8 Å². The third kappa shape index (κ3) is 1.59. The molecule has 0 N–H and O–H groups in total. The molecule has 0 amide bonds. The maximum atomic E-state index is 5.14. The second-order valence-corrected chi connectivity index (χ2v) is 2.19. The van der Waals surface area contributed by atoms with Gasteiger partial charge in [-0.3, -0.25) is 0 Å². The first-order valence-corrected chi connectivity index (χ1v) is 3.59. The first-order valence-electron chi connectivity index (χ1n) is 3.59. The molecule has 0 atom stereocenters. The lowest BCUT2D eigenvalue weighted by Crippen LogP contribution is -1.84. The average molecular weight is 138 g/mol. The predicted molar refractivity (Wildman–Crippen MR) is 39.6 cm³/mol. The number of oxazole rings is 1. The van der Waals surface area contributed by atoms with Crippen molar-refractivity contribution in [1.82, 2.24) is 4.98 Å². The summed E-state index contributed by atoms with van der Waals surface area (Å²) in [5, 5.41) is 0. The van der Waals surface area contributed by atoms with Crippen molar-refractivity contribution in [1.29, 1.82) is 0 Å². The molecule has 2 nitrogen and oxygen atoms in total. The number of aryl methyl sites for hydroxylation is 2. The quantitative estimate of drug-likeness (QED) is 0.638. The van der Waals surface area contributed by atoms with Crippen LogP contribution < -0.4 is 0 Å². The lowest BCUT2D eigenvalue weighted by Gasteiger charge is -1.85. The van der Waals surface area contributed by atoms with E-state index in [1.165, 1.54) is 0 Å². The molecule has 0 aliphatic heterocycles. The fraction of sp³-hybridized carbons (Fsp3) is 0.500. The molecule has 1 heterocycles. The van der Waals surface area contributed by atoms with Crippen molar-refractivity contribution < 1.29 is 4.42 Å². The van der Waals surface area contributed by atoms with Crippen LogP contribution in [0.4, 0.5) is 0 Å². The van der Waals surface area contributed by atoms with Crippen molar-refractivity contribution >= 4 is 0 Å². The number of hydrogen-bond donors (Lipinski definition) is 0. The number of rotatable bonds is 3. The molecular formula is C8H12NO. The van der Waals surface area contributed by atoms with Gasteiger partial charge in [0.15, 0.2) is 5.89 Å². The Kier molecular flexibility index (Phi) is 2.49. The highest BCUT2D eigenvalue weighted by Crippen LogP contribution is 2.03. The molecule has 0 unspecified atom stereocenters. The Bertz CT molecular complexity index is 193. The second-order valence-electron chi connectivity index (χ2n) is 2.19. The van der Waals surface area contributed by atoms with Gasteiger partial charge in [0.1, 0.15) is 6.26 Å². The lowest BCUT2D eigenvalue weighted by molar-refractivity contribution is 0.494. The van der Waals surface area contributed by atoms with E-state index in [0.29, 0.717) is 0 Å². The SMILES string of the molecule is [CH2]CCc1nc(CC)co1. The molecule has 0 aromatic carbocycles. The molecule has 0 aliphatic carbocycles. The minimum atomic E-state index is 0.812. The zero-order valence-electron chi connectivity index (χ0n) is 6.26. The first kappa shape index (κ1) is 7.32. The van der Waals surface area contributed by atoms with Crippen molar-refractivity contribution in [2.75, 3.05) is 0 Å². The smallest absolute Gasteiger partial charge is 0.194 e. The van der Waals surface area contributed by atoms with Crippen LogP contribution in [0.5, 0.6) is 0 Å². The standard InChI is InChI=1S/C8H12NO/c1-3-5-8-9-7(4-2)6-10-8/h6H,1,3-5H2,2H3. The molecular weight excluding hydrogens is 126 g/mol. The van der Waals surface area contributed by atoms with Crippen LogP contribution >= 0.6 is 0 Å². The van der Waals surface area contributed by atoms with Crippen molar-refractivity contribution in [3.63, 3.8) is 0 Å². The molecule has 55 valence electrons. The van der Waals surface area contributed by atoms with Crippen LogP contribution in [0.3, 0.4) is 0 Å². The topological polar surface area (TPSA) is 26.0 Å². The summed E-state index contributed by atoms with van der Waals surface area (Å²) in [6, 6.07) is 0. The van der Waals surface area contributed by atoms with Crippen LogP contribution in [-0.4, -0.2) is 4.98 Å². The van der Waals surface area contributed by atoms with Crippen LogP contribution in [0.1, 0.15) is 24.9 Å². The lowest BCUT2D eigenvalue weighted by atomic mass is 10.3. The summed E-state index contributed by atoms with van der Waals surface area (Å²) in [7, 11) is 0. The zero-order chi connectivity index (χ0) is 7.40. The van der Waals surface area contributed by atoms with E-state index in [1.807, 2.05) is 0 Å². The van der Waals surface area contributed by atoms with Crippen molar-refractivity contribution in [2.45, 2.75) is 26.2 Å². The minimum Gasteiger partial charge on any atom is -0.449 e. The van der Waals surface area contributed by atoms with E-state index in [9.17, 15) is 0 Å². The molecule has 0 aliphatic rings. The van der Waals surface area contributed by atoms with Crippen LogP contribution in [0, 0.1) is 6.92 Å². The van der Waals surface area contributed by atoms with Crippen LogP contribution in [-0.2, 0) is 12.8 Å². The Hall–Kier alpha value is -0.790. The van der Waals surface area contributed by atoms with Gasteiger partial charge in [0.2, 0.25) is 0 Å². The molecule has 0 saturated carbocycles. The molecule has 2 heteroatoms. The van der Waals surface area contributed by atoms with Gasteiger partial charge in [0, 0.05) is 6.42 Å². The Balaban J connectivity index is 2.59. The zero-order valence-corrected chi connectivity index (χ0v) is 6.26. The van der Waals surface area contributed by atoms with Gasteiger partial charge in [-0.2, -0.15) is 0 Å². The number of hydrogen-bond acceptors (Lipinski definition) is 2. The Morgan fingerprint density at radius 3 is 3.00 bits per heavy atom. The Labute approximate surface area is 61.3 Å². The highest BCUT2D eigenvalue weighted by atomic mass is 16.3. The Morgan fingerprint density at radius 1 is 1.70 bits per heavy atom. The van der Waals surface area contributed by atoms with Crippen molar-refractivity contribution in [2.24, 2.45) is 0 Å². The Morgan fingerprint density at radius 2 is 2.50 bits per heavy atom. The van der Waals surface area contributed by atoms with E-state index in [1.54, 1.807) is 6.26 Å². The molecule has 1 aromatic rings. The van der Waals surface area contributed by atoms with Crippen LogP contribution in [0.25, 0.3) is 0 Å². The maximum absolute atomic E-state index is 5.14. The van der Waals surface area contributed by atoms with E-state index in [2.05, 4.69) is 18.8 Å². The van der Waals surface area contributed by atoms with Gasteiger partial charge in [0.05, 0.1) is 5.69 Å². The third-order valence-electron chi connectivity index (χ3n) is 1.35. The normalized spacial score (nSPS) is 10.2. The summed E-state index contributed by atoms with van der Waals surface area (Å²) in [5.74, 6) is 0.812. The third-order valence-corrected chi connectivity index (χ3v) is 1.35. The van der Waals surface area contributed by atoms with Crippen LogP contribution in [0.15, 0.2) is 10.7 Å². The molecule has 1 rings (SSSR count). The van der Waals surface area contributed by atoms with Crippen molar-refractivity contribution in [3.05, 3.63) is 24.8 Å². The van der Waals surface area contributed by atoms with Gasteiger partial charge in [-0.1, -0.05) is 13.8 Å². The molecule has 1 radical (unpaired) electrons. The highest BCUT2D eigenvalue weighted by Gasteiger charge is 1.98.